The standard InChI is InChI=1S/C13H22N2S/c1-4-10(2)9-16-13(11(3)14)12-7-5-6-8-15-12/h5-8,10-11,13H,4,9,14H2,1-3H3. The molecule has 3 unspecified atom stereocenters. The molecule has 1 heterocycles. The fraction of sp³-hybridized carbons (Fsp3) is 0.615. The van der Waals surface area contributed by atoms with Gasteiger partial charge < -0.3 is 5.73 Å². The van der Waals surface area contributed by atoms with Gasteiger partial charge in [-0.25, -0.2) is 0 Å². The molecular formula is C13H22N2S. The van der Waals surface area contributed by atoms with E-state index in [1.807, 2.05) is 30.1 Å². The number of nitrogens with two attached hydrogens (primary N) is 1. The second-order valence-electron chi connectivity index (χ2n) is 4.38. The van der Waals surface area contributed by atoms with Gasteiger partial charge in [-0.05, 0) is 30.7 Å². The van der Waals surface area contributed by atoms with E-state index in [1.165, 1.54) is 6.42 Å². The van der Waals surface area contributed by atoms with Crippen LogP contribution in [0.2, 0.25) is 0 Å². The molecule has 0 saturated carbocycles. The lowest BCUT2D eigenvalue weighted by Crippen LogP contribution is -2.24. The van der Waals surface area contributed by atoms with Gasteiger partial charge in [0, 0.05) is 12.2 Å². The van der Waals surface area contributed by atoms with Crippen LogP contribution in [0.1, 0.15) is 38.1 Å². The molecule has 0 bridgehead atoms. The van der Waals surface area contributed by atoms with Gasteiger partial charge in [-0.3, -0.25) is 4.98 Å². The van der Waals surface area contributed by atoms with E-state index < -0.39 is 0 Å². The summed E-state index contributed by atoms with van der Waals surface area (Å²) >= 11 is 1.93. The molecule has 1 aromatic heterocycles. The Kier molecular flexibility index (Phi) is 5.85. The third kappa shape index (κ3) is 4.14. The summed E-state index contributed by atoms with van der Waals surface area (Å²) in [5.74, 6) is 1.90. The highest BCUT2D eigenvalue weighted by Crippen LogP contribution is 2.31. The van der Waals surface area contributed by atoms with E-state index in [9.17, 15) is 0 Å². The second-order valence-corrected chi connectivity index (χ2v) is 5.56. The van der Waals surface area contributed by atoms with Gasteiger partial charge in [-0.15, -0.1) is 0 Å². The van der Waals surface area contributed by atoms with Gasteiger partial charge in [0.05, 0.1) is 10.9 Å². The molecule has 0 spiro atoms. The van der Waals surface area contributed by atoms with Gasteiger partial charge >= 0.3 is 0 Å². The third-order valence-electron chi connectivity index (χ3n) is 2.71. The summed E-state index contributed by atoms with van der Waals surface area (Å²) in [5, 5.41) is 0.315. The van der Waals surface area contributed by atoms with Crippen molar-refractivity contribution in [2.75, 3.05) is 5.75 Å². The van der Waals surface area contributed by atoms with Crippen molar-refractivity contribution in [2.24, 2.45) is 11.7 Å². The molecule has 0 aliphatic rings. The number of nitrogens with zero attached hydrogens (tertiary/aromatic N) is 1. The minimum absolute atomic E-state index is 0.143. The van der Waals surface area contributed by atoms with E-state index in [0.717, 1.165) is 17.4 Å². The van der Waals surface area contributed by atoms with Crippen molar-refractivity contribution in [3.05, 3.63) is 30.1 Å². The molecule has 0 aliphatic heterocycles. The van der Waals surface area contributed by atoms with Crippen LogP contribution in [0, 0.1) is 5.92 Å². The Bertz CT molecular complexity index is 287. The van der Waals surface area contributed by atoms with Crippen molar-refractivity contribution < 1.29 is 0 Å². The molecule has 3 heteroatoms. The summed E-state index contributed by atoms with van der Waals surface area (Å²) in [4.78, 5) is 4.40. The van der Waals surface area contributed by atoms with Gasteiger partial charge in [0.2, 0.25) is 0 Å². The van der Waals surface area contributed by atoms with Crippen LogP contribution in [-0.2, 0) is 0 Å². The lowest BCUT2D eigenvalue weighted by atomic mass is 10.1. The molecule has 0 aliphatic carbocycles. The molecule has 1 aromatic rings. The first-order valence-corrected chi connectivity index (χ1v) is 6.98. The van der Waals surface area contributed by atoms with Crippen LogP contribution in [0.4, 0.5) is 0 Å². The first kappa shape index (κ1) is 13.5. The molecule has 16 heavy (non-hydrogen) atoms. The van der Waals surface area contributed by atoms with Gasteiger partial charge in [0.1, 0.15) is 0 Å². The molecule has 0 saturated heterocycles. The van der Waals surface area contributed by atoms with E-state index in [4.69, 9.17) is 5.73 Å². The number of rotatable bonds is 6. The zero-order valence-corrected chi connectivity index (χ0v) is 11.2. The van der Waals surface area contributed by atoms with Crippen molar-refractivity contribution in [1.82, 2.24) is 4.98 Å². The molecular weight excluding hydrogens is 216 g/mol. The summed E-state index contributed by atoms with van der Waals surface area (Å²) < 4.78 is 0. The number of pyridine rings is 1. The van der Waals surface area contributed by atoms with Crippen molar-refractivity contribution in [3.8, 4) is 0 Å². The van der Waals surface area contributed by atoms with Crippen LogP contribution in [0.3, 0.4) is 0 Å². The summed E-state index contributed by atoms with van der Waals surface area (Å²) in [6.07, 6.45) is 3.06. The molecule has 1 rings (SSSR count). The molecule has 0 fully saturated rings. The number of hydrogen-bond donors (Lipinski definition) is 1. The van der Waals surface area contributed by atoms with Crippen LogP contribution in [0.25, 0.3) is 0 Å². The SMILES string of the molecule is CCC(C)CSC(c1ccccn1)C(C)N. The number of aromatic nitrogens is 1. The normalized spacial score (nSPS) is 16.8. The van der Waals surface area contributed by atoms with Crippen LogP contribution in [-0.4, -0.2) is 16.8 Å². The zero-order chi connectivity index (χ0) is 12.0. The van der Waals surface area contributed by atoms with E-state index in [0.29, 0.717) is 5.25 Å². The molecule has 3 atom stereocenters. The van der Waals surface area contributed by atoms with E-state index >= 15 is 0 Å². The maximum absolute atomic E-state index is 6.04. The number of hydrogen-bond acceptors (Lipinski definition) is 3. The maximum atomic E-state index is 6.04. The highest BCUT2D eigenvalue weighted by Gasteiger charge is 2.18. The fourth-order valence-electron chi connectivity index (χ4n) is 1.44. The van der Waals surface area contributed by atoms with E-state index in [1.54, 1.807) is 0 Å². The molecule has 0 radical (unpaired) electrons. The average Bonchev–Trinajstić information content (AvgIpc) is 2.30. The first-order valence-electron chi connectivity index (χ1n) is 5.93. The van der Waals surface area contributed by atoms with Crippen molar-refractivity contribution in [3.63, 3.8) is 0 Å². The Morgan fingerprint density at radius 3 is 2.62 bits per heavy atom. The van der Waals surface area contributed by atoms with Crippen LogP contribution >= 0.6 is 11.8 Å². The van der Waals surface area contributed by atoms with Gasteiger partial charge in [0.15, 0.2) is 0 Å². The Labute approximate surface area is 103 Å². The van der Waals surface area contributed by atoms with E-state index in [2.05, 4.69) is 31.8 Å². The minimum Gasteiger partial charge on any atom is -0.327 e. The lowest BCUT2D eigenvalue weighted by molar-refractivity contribution is 0.630. The third-order valence-corrected chi connectivity index (χ3v) is 4.51. The van der Waals surface area contributed by atoms with Crippen molar-refractivity contribution >= 4 is 11.8 Å². The Hall–Kier alpha value is -0.540. The quantitative estimate of drug-likeness (QED) is 0.827. The topological polar surface area (TPSA) is 38.9 Å². The summed E-state index contributed by atoms with van der Waals surface area (Å²) in [7, 11) is 0. The molecule has 2 N–H and O–H groups in total. The molecule has 90 valence electrons. The van der Waals surface area contributed by atoms with Crippen LogP contribution in [0.15, 0.2) is 24.4 Å². The largest absolute Gasteiger partial charge is 0.327 e. The monoisotopic (exact) mass is 238 g/mol. The zero-order valence-electron chi connectivity index (χ0n) is 10.4. The smallest absolute Gasteiger partial charge is 0.0618 e. The van der Waals surface area contributed by atoms with Crippen LogP contribution in [0.5, 0.6) is 0 Å². The predicted molar refractivity (Wildman–Crippen MR) is 72.5 cm³/mol. The minimum atomic E-state index is 0.143. The van der Waals surface area contributed by atoms with Gasteiger partial charge in [-0.2, -0.15) is 11.8 Å². The van der Waals surface area contributed by atoms with Gasteiger partial charge in [0.25, 0.3) is 0 Å². The van der Waals surface area contributed by atoms with Crippen molar-refractivity contribution in [2.45, 2.75) is 38.5 Å². The van der Waals surface area contributed by atoms with E-state index in [-0.39, 0.29) is 6.04 Å². The fourth-order valence-corrected chi connectivity index (χ4v) is 2.82. The predicted octanol–water partition coefficient (Wildman–Crippen LogP) is 3.25. The second kappa shape index (κ2) is 6.92. The lowest BCUT2D eigenvalue weighted by Gasteiger charge is -2.21. The first-order chi connectivity index (χ1) is 7.65. The van der Waals surface area contributed by atoms with Crippen LogP contribution < -0.4 is 5.73 Å². The van der Waals surface area contributed by atoms with Gasteiger partial charge in [-0.1, -0.05) is 26.3 Å². The summed E-state index contributed by atoms with van der Waals surface area (Å²) in [6, 6.07) is 6.18. The Morgan fingerprint density at radius 1 is 1.38 bits per heavy atom. The Morgan fingerprint density at radius 2 is 2.12 bits per heavy atom. The number of thioether (sulfide) groups is 1. The maximum Gasteiger partial charge on any atom is 0.0618 e. The average molecular weight is 238 g/mol. The highest BCUT2D eigenvalue weighted by molar-refractivity contribution is 7.99. The molecule has 0 aromatic carbocycles. The molecule has 2 nitrogen and oxygen atoms in total. The Balaban J connectivity index is 2.62. The molecule has 0 amide bonds. The van der Waals surface area contributed by atoms with Crippen molar-refractivity contribution in [1.29, 1.82) is 0 Å². The summed E-state index contributed by atoms with van der Waals surface area (Å²) in [5.41, 5.74) is 7.14. The highest BCUT2D eigenvalue weighted by atomic mass is 32.2. The summed E-state index contributed by atoms with van der Waals surface area (Å²) in [6.45, 7) is 6.57.